The average Bonchev–Trinajstić information content (AvgIpc) is 2.68. The van der Waals surface area contributed by atoms with Crippen molar-refractivity contribution in [3.05, 3.63) is 68.7 Å². The van der Waals surface area contributed by atoms with Gasteiger partial charge in [0.05, 0.1) is 10.6 Å². The zero-order valence-corrected chi connectivity index (χ0v) is 19.2. The van der Waals surface area contributed by atoms with E-state index in [-0.39, 0.29) is 10.6 Å². The van der Waals surface area contributed by atoms with Crippen molar-refractivity contribution in [3.63, 3.8) is 0 Å². The van der Waals surface area contributed by atoms with Gasteiger partial charge in [-0.15, -0.1) is 0 Å². The van der Waals surface area contributed by atoms with Crippen LogP contribution in [0.15, 0.2) is 36.4 Å². The zero-order valence-electron chi connectivity index (χ0n) is 16.8. The highest BCUT2D eigenvalue weighted by atomic mass is 35.5. The maximum Gasteiger partial charge on any atom is 0.269 e. The minimum absolute atomic E-state index is 0.187. The minimum atomic E-state index is -0.851. The van der Waals surface area contributed by atoms with Crippen molar-refractivity contribution in [2.75, 3.05) is 12.0 Å². The van der Waals surface area contributed by atoms with Crippen LogP contribution in [-0.4, -0.2) is 35.8 Å². The number of carbonyl (C=O) groups excluding carboxylic acids is 3. The Hall–Kier alpha value is -2.22. The lowest BCUT2D eigenvalue weighted by Gasteiger charge is -2.19. The molecule has 0 fully saturated rings. The summed E-state index contributed by atoms with van der Waals surface area (Å²) < 4.78 is 0. The maximum atomic E-state index is 12.6. The van der Waals surface area contributed by atoms with Gasteiger partial charge in [-0.25, -0.2) is 0 Å². The first-order valence-electron chi connectivity index (χ1n) is 9.15. The maximum absolute atomic E-state index is 12.6. The number of benzene rings is 2. The van der Waals surface area contributed by atoms with Crippen LogP contribution in [0.25, 0.3) is 0 Å². The standard InChI is InChI=1S/C21H23Cl2N3O3S/c1-12-4-6-15(13(2)10-12)20(28)25-26-21(29)18(8-9-30-3)24-19(27)16-7-5-14(22)11-17(16)23/h4-7,10-11,18H,8-9H2,1-3H3,(H,24,27)(H,25,28)(H,26,29)/t18-/m1/s1. The monoisotopic (exact) mass is 467 g/mol. The molecular weight excluding hydrogens is 445 g/mol. The van der Waals surface area contributed by atoms with E-state index in [1.165, 1.54) is 23.9 Å². The molecule has 0 aliphatic heterocycles. The second-order valence-corrected chi connectivity index (χ2v) is 8.52. The largest absolute Gasteiger partial charge is 0.340 e. The van der Waals surface area contributed by atoms with Gasteiger partial charge >= 0.3 is 0 Å². The molecule has 0 aliphatic carbocycles. The SMILES string of the molecule is CSCC[C@@H](NC(=O)c1ccc(Cl)cc1Cl)C(=O)NNC(=O)c1ccc(C)cc1C. The third kappa shape index (κ3) is 6.65. The summed E-state index contributed by atoms with van der Waals surface area (Å²) in [6.07, 6.45) is 2.28. The number of thioether (sulfide) groups is 1. The molecule has 0 heterocycles. The Bertz CT molecular complexity index is 953. The van der Waals surface area contributed by atoms with E-state index in [0.717, 1.165) is 11.1 Å². The van der Waals surface area contributed by atoms with E-state index in [2.05, 4.69) is 16.2 Å². The van der Waals surface area contributed by atoms with Gasteiger partial charge in [-0.1, -0.05) is 40.9 Å². The summed E-state index contributed by atoms with van der Waals surface area (Å²) in [4.78, 5) is 37.6. The number of aryl methyl sites for hydroxylation is 2. The molecule has 2 rings (SSSR count). The molecule has 0 aromatic heterocycles. The van der Waals surface area contributed by atoms with Crippen molar-refractivity contribution in [1.29, 1.82) is 0 Å². The van der Waals surface area contributed by atoms with Gasteiger partial charge in [-0.2, -0.15) is 11.8 Å². The predicted octanol–water partition coefficient (Wildman–Crippen LogP) is 3.92. The summed E-state index contributed by atoms with van der Waals surface area (Å²) in [6, 6.07) is 9.04. The molecule has 30 heavy (non-hydrogen) atoms. The second-order valence-electron chi connectivity index (χ2n) is 6.69. The molecule has 0 bridgehead atoms. The fraction of sp³-hybridized carbons (Fsp3) is 0.286. The number of nitrogens with one attached hydrogen (secondary N) is 3. The Balaban J connectivity index is 2.05. The number of rotatable bonds is 7. The lowest BCUT2D eigenvalue weighted by molar-refractivity contribution is -0.123. The van der Waals surface area contributed by atoms with E-state index in [4.69, 9.17) is 23.2 Å². The molecule has 0 unspecified atom stereocenters. The molecule has 6 nitrogen and oxygen atoms in total. The van der Waals surface area contributed by atoms with Crippen LogP contribution in [0.4, 0.5) is 0 Å². The average molecular weight is 468 g/mol. The predicted molar refractivity (Wildman–Crippen MR) is 122 cm³/mol. The van der Waals surface area contributed by atoms with Crippen molar-refractivity contribution in [2.45, 2.75) is 26.3 Å². The van der Waals surface area contributed by atoms with Gasteiger partial charge < -0.3 is 5.32 Å². The first-order valence-corrected chi connectivity index (χ1v) is 11.3. The highest BCUT2D eigenvalue weighted by molar-refractivity contribution is 7.98. The van der Waals surface area contributed by atoms with E-state index in [1.54, 1.807) is 12.1 Å². The van der Waals surface area contributed by atoms with Crippen LogP contribution < -0.4 is 16.2 Å². The molecular formula is C21H23Cl2N3O3S. The highest BCUT2D eigenvalue weighted by Crippen LogP contribution is 2.21. The van der Waals surface area contributed by atoms with Crippen LogP contribution in [0.5, 0.6) is 0 Å². The van der Waals surface area contributed by atoms with E-state index in [9.17, 15) is 14.4 Å². The second kappa shape index (κ2) is 11.2. The van der Waals surface area contributed by atoms with Crippen LogP contribution in [0, 0.1) is 13.8 Å². The minimum Gasteiger partial charge on any atom is -0.340 e. The quantitative estimate of drug-likeness (QED) is 0.538. The van der Waals surface area contributed by atoms with Gasteiger partial charge in [0.1, 0.15) is 6.04 Å². The molecule has 0 saturated heterocycles. The molecule has 1 atom stereocenters. The molecule has 3 amide bonds. The molecule has 160 valence electrons. The van der Waals surface area contributed by atoms with Crippen LogP contribution in [0.3, 0.4) is 0 Å². The summed E-state index contributed by atoms with van der Waals surface area (Å²) in [5.74, 6) is -0.826. The number of hydrazine groups is 1. The molecule has 2 aromatic carbocycles. The smallest absolute Gasteiger partial charge is 0.269 e. The number of hydrogen-bond acceptors (Lipinski definition) is 4. The molecule has 9 heteroatoms. The fourth-order valence-electron chi connectivity index (χ4n) is 2.76. The van der Waals surface area contributed by atoms with Crippen molar-refractivity contribution >= 4 is 52.7 Å². The van der Waals surface area contributed by atoms with Gasteiger partial charge in [0.2, 0.25) is 0 Å². The van der Waals surface area contributed by atoms with Gasteiger partial charge in [-0.3, -0.25) is 25.2 Å². The normalized spacial score (nSPS) is 11.5. The number of amides is 3. The van der Waals surface area contributed by atoms with Crippen molar-refractivity contribution < 1.29 is 14.4 Å². The molecule has 2 aromatic rings. The third-order valence-corrected chi connectivity index (χ3v) is 5.53. The molecule has 0 aliphatic rings. The lowest BCUT2D eigenvalue weighted by atomic mass is 10.1. The van der Waals surface area contributed by atoms with E-state index >= 15 is 0 Å². The third-order valence-electron chi connectivity index (χ3n) is 4.33. The Labute approximate surface area is 190 Å². The Kier molecular flexibility index (Phi) is 9.02. The molecule has 0 saturated carbocycles. The van der Waals surface area contributed by atoms with Crippen LogP contribution >= 0.6 is 35.0 Å². The van der Waals surface area contributed by atoms with Gasteiger partial charge in [0.25, 0.3) is 17.7 Å². The topological polar surface area (TPSA) is 87.3 Å². The van der Waals surface area contributed by atoms with E-state index in [0.29, 0.717) is 22.8 Å². The number of hydrogen-bond donors (Lipinski definition) is 3. The van der Waals surface area contributed by atoms with Gasteiger partial charge in [0.15, 0.2) is 0 Å². The Morgan fingerprint density at radius 3 is 2.30 bits per heavy atom. The Morgan fingerprint density at radius 2 is 1.67 bits per heavy atom. The summed E-state index contributed by atoms with van der Waals surface area (Å²) >= 11 is 13.5. The van der Waals surface area contributed by atoms with Crippen molar-refractivity contribution in [3.8, 4) is 0 Å². The summed E-state index contributed by atoms with van der Waals surface area (Å²) in [5, 5.41) is 3.26. The van der Waals surface area contributed by atoms with Gasteiger partial charge in [0, 0.05) is 10.6 Å². The van der Waals surface area contributed by atoms with E-state index in [1.807, 2.05) is 32.2 Å². The summed E-state index contributed by atoms with van der Waals surface area (Å²) in [6.45, 7) is 3.75. The molecule has 0 radical (unpaired) electrons. The van der Waals surface area contributed by atoms with Crippen molar-refractivity contribution in [1.82, 2.24) is 16.2 Å². The van der Waals surface area contributed by atoms with Crippen molar-refractivity contribution in [2.24, 2.45) is 0 Å². The molecule has 0 spiro atoms. The summed E-state index contributed by atoms with van der Waals surface area (Å²) in [7, 11) is 0. The van der Waals surface area contributed by atoms with Crippen LogP contribution in [0.1, 0.15) is 38.3 Å². The highest BCUT2D eigenvalue weighted by Gasteiger charge is 2.23. The van der Waals surface area contributed by atoms with Crippen LogP contribution in [0.2, 0.25) is 10.0 Å². The first kappa shape index (κ1) is 24.1. The molecule has 3 N–H and O–H groups in total. The number of halogens is 2. The van der Waals surface area contributed by atoms with Crippen LogP contribution in [-0.2, 0) is 4.79 Å². The van der Waals surface area contributed by atoms with E-state index < -0.39 is 23.8 Å². The first-order chi connectivity index (χ1) is 14.2. The number of carbonyl (C=O) groups is 3. The zero-order chi connectivity index (χ0) is 22.3. The fourth-order valence-corrected chi connectivity index (χ4v) is 3.72. The summed E-state index contributed by atoms with van der Waals surface area (Å²) in [5.41, 5.74) is 7.30. The Morgan fingerprint density at radius 1 is 0.967 bits per heavy atom. The van der Waals surface area contributed by atoms with Gasteiger partial charge in [-0.05, 0) is 62.1 Å². The lowest BCUT2D eigenvalue weighted by Crippen LogP contribution is -2.52.